The van der Waals surface area contributed by atoms with Crippen LogP contribution in [0.25, 0.3) is 0 Å². The average Bonchev–Trinajstić information content (AvgIpc) is 2.49. The molecular formula is C10H13BrO2S. The van der Waals surface area contributed by atoms with Crippen LogP contribution < -0.4 is 0 Å². The minimum absolute atomic E-state index is 0.233. The van der Waals surface area contributed by atoms with Crippen LogP contribution >= 0.6 is 27.3 Å². The highest BCUT2D eigenvalue weighted by Crippen LogP contribution is 2.46. The molecule has 1 saturated carbocycles. The van der Waals surface area contributed by atoms with Crippen LogP contribution in [0.3, 0.4) is 0 Å². The summed E-state index contributed by atoms with van der Waals surface area (Å²) < 4.78 is 6.45. The van der Waals surface area contributed by atoms with Crippen molar-refractivity contribution < 1.29 is 9.84 Å². The topological polar surface area (TPSA) is 29.5 Å². The van der Waals surface area contributed by atoms with Gasteiger partial charge in [-0.1, -0.05) is 0 Å². The molecule has 1 aromatic rings. The van der Waals surface area contributed by atoms with Crippen molar-refractivity contribution in [3.63, 3.8) is 0 Å². The summed E-state index contributed by atoms with van der Waals surface area (Å²) in [7, 11) is 0. The van der Waals surface area contributed by atoms with E-state index in [0.717, 1.165) is 29.5 Å². The molecule has 2 rings (SSSR count). The molecule has 0 atom stereocenters. The molecule has 0 bridgehead atoms. The molecule has 0 spiro atoms. The van der Waals surface area contributed by atoms with E-state index in [2.05, 4.69) is 15.9 Å². The number of ether oxygens (including phenoxy) is 1. The van der Waals surface area contributed by atoms with Crippen LogP contribution in [-0.4, -0.2) is 17.8 Å². The van der Waals surface area contributed by atoms with Crippen LogP contribution in [-0.2, 0) is 10.3 Å². The fourth-order valence-corrected chi connectivity index (χ4v) is 3.64. The van der Waals surface area contributed by atoms with Gasteiger partial charge in [0.1, 0.15) is 0 Å². The Hall–Kier alpha value is 0.100. The summed E-state index contributed by atoms with van der Waals surface area (Å²) in [6.45, 7) is 2.71. The molecular weight excluding hydrogens is 264 g/mol. The maximum Gasteiger partial charge on any atom is 0.0964 e. The Morgan fingerprint density at radius 1 is 1.64 bits per heavy atom. The van der Waals surface area contributed by atoms with E-state index in [4.69, 9.17) is 4.74 Å². The van der Waals surface area contributed by atoms with E-state index in [-0.39, 0.29) is 6.10 Å². The van der Waals surface area contributed by atoms with Crippen molar-refractivity contribution in [2.24, 2.45) is 0 Å². The lowest BCUT2D eigenvalue weighted by Gasteiger charge is -2.43. The summed E-state index contributed by atoms with van der Waals surface area (Å²) in [5, 5.41) is 14.3. The first-order chi connectivity index (χ1) is 6.65. The number of thiophene rings is 1. The summed E-state index contributed by atoms with van der Waals surface area (Å²) in [5.74, 6) is 0. The average molecular weight is 277 g/mol. The van der Waals surface area contributed by atoms with Crippen LogP contribution in [0, 0.1) is 0 Å². The van der Waals surface area contributed by atoms with E-state index >= 15 is 0 Å². The Balaban J connectivity index is 2.04. The monoisotopic (exact) mass is 276 g/mol. The maximum atomic E-state index is 10.2. The Bertz CT molecular complexity index is 318. The van der Waals surface area contributed by atoms with Crippen molar-refractivity contribution in [2.75, 3.05) is 6.61 Å². The standard InChI is InChI=1S/C10H13BrO2S/c1-2-13-7-3-10(12,4-7)8-5-14-6-9(8)11/h5-7,12H,2-4H2,1H3. The Labute approximate surface area is 96.0 Å². The van der Waals surface area contributed by atoms with E-state index in [0.29, 0.717) is 0 Å². The van der Waals surface area contributed by atoms with Gasteiger partial charge in [0.15, 0.2) is 0 Å². The van der Waals surface area contributed by atoms with Gasteiger partial charge in [0.05, 0.1) is 11.7 Å². The van der Waals surface area contributed by atoms with Gasteiger partial charge in [0, 0.05) is 34.9 Å². The number of hydrogen-bond acceptors (Lipinski definition) is 3. The first-order valence-corrected chi connectivity index (χ1v) is 6.45. The van der Waals surface area contributed by atoms with E-state index in [1.807, 2.05) is 17.7 Å². The predicted octanol–water partition coefficient (Wildman–Crippen LogP) is 2.90. The fourth-order valence-electron chi connectivity index (χ4n) is 1.88. The molecule has 1 fully saturated rings. The van der Waals surface area contributed by atoms with Gasteiger partial charge in [-0.25, -0.2) is 0 Å². The largest absolute Gasteiger partial charge is 0.385 e. The third-order valence-corrected chi connectivity index (χ3v) is 4.35. The minimum Gasteiger partial charge on any atom is -0.385 e. The Kier molecular flexibility index (Phi) is 2.98. The van der Waals surface area contributed by atoms with Crippen molar-refractivity contribution >= 4 is 27.3 Å². The molecule has 1 N–H and O–H groups in total. The Morgan fingerprint density at radius 3 is 2.86 bits per heavy atom. The molecule has 1 aliphatic rings. The third kappa shape index (κ3) is 1.76. The molecule has 4 heteroatoms. The van der Waals surface area contributed by atoms with Crippen molar-refractivity contribution in [3.05, 3.63) is 20.8 Å². The SMILES string of the molecule is CCOC1CC(O)(c2cscc2Br)C1. The summed E-state index contributed by atoms with van der Waals surface area (Å²) in [6, 6.07) is 0. The number of aliphatic hydroxyl groups is 1. The molecule has 0 aliphatic heterocycles. The van der Waals surface area contributed by atoms with Gasteiger partial charge < -0.3 is 9.84 Å². The summed E-state index contributed by atoms with van der Waals surface area (Å²) >= 11 is 5.05. The molecule has 1 aliphatic carbocycles. The van der Waals surface area contributed by atoms with Gasteiger partial charge in [-0.2, -0.15) is 11.3 Å². The quantitative estimate of drug-likeness (QED) is 0.920. The lowest BCUT2D eigenvalue weighted by molar-refractivity contribution is -0.142. The Morgan fingerprint density at radius 2 is 2.36 bits per heavy atom. The van der Waals surface area contributed by atoms with Gasteiger partial charge in [-0.15, -0.1) is 0 Å². The van der Waals surface area contributed by atoms with Gasteiger partial charge in [-0.3, -0.25) is 0 Å². The minimum atomic E-state index is -0.654. The maximum absolute atomic E-state index is 10.2. The van der Waals surface area contributed by atoms with Crippen molar-refractivity contribution in [1.82, 2.24) is 0 Å². The molecule has 1 aromatic heterocycles. The first-order valence-electron chi connectivity index (χ1n) is 4.72. The van der Waals surface area contributed by atoms with Crippen molar-refractivity contribution in [2.45, 2.75) is 31.5 Å². The van der Waals surface area contributed by atoms with Crippen LogP contribution in [0.2, 0.25) is 0 Å². The highest BCUT2D eigenvalue weighted by molar-refractivity contribution is 9.10. The van der Waals surface area contributed by atoms with E-state index < -0.39 is 5.60 Å². The summed E-state index contributed by atoms with van der Waals surface area (Å²) in [5.41, 5.74) is 0.358. The second kappa shape index (κ2) is 3.93. The lowest BCUT2D eigenvalue weighted by Crippen LogP contribution is -2.45. The van der Waals surface area contributed by atoms with Crippen LogP contribution in [0.4, 0.5) is 0 Å². The second-order valence-electron chi connectivity index (χ2n) is 3.65. The zero-order valence-corrected chi connectivity index (χ0v) is 10.4. The van der Waals surface area contributed by atoms with Gasteiger partial charge >= 0.3 is 0 Å². The van der Waals surface area contributed by atoms with E-state index in [1.54, 1.807) is 11.3 Å². The molecule has 2 nitrogen and oxygen atoms in total. The molecule has 0 saturated heterocycles. The second-order valence-corrected chi connectivity index (χ2v) is 5.25. The zero-order chi connectivity index (χ0) is 10.2. The summed E-state index contributed by atoms with van der Waals surface area (Å²) in [4.78, 5) is 0. The van der Waals surface area contributed by atoms with Crippen LogP contribution in [0.5, 0.6) is 0 Å². The molecule has 0 amide bonds. The van der Waals surface area contributed by atoms with E-state index in [9.17, 15) is 5.11 Å². The van der Waals surface area contributed by atoms with Crippen LogP contribution in [0.15, 0.2) is 15.2 Å². The molecule has 0 unspecified atom stereocenters. The number of halogens is 1. The van der Waals surface area contributed by atoms with Crippen molar-refractivity contribution in [3.8, 4) is 0 Å². The normalized spacial score (nSPS) is 31.5. The highest BCUT2D eigenvalue weighted by atomic mass is 79.9. The number of hydrogen-bond donors (Lipinski definition) is 1. The third-order valence-electron chi connectivity index (χ3n) is 2.65. The molecule has 14 heavy (non-hydrogen) atoms. The van der Waals surface area contributed by atoms with Gasteiger partial charge in [0.25, 0.3) is 0 Å². The summed E-state index contributed by atoms with van der Waals surface area (Å²) in [6.07, 6.45) is 1.67. The molecule has 1 heterocycles. The van der Waals surface area contributed by atoms with E-state index in [1.165, 1.54) is 0 Å². The zero-order valence-electron chi connectivity index (χ0n) is 8.00. The lowest BCUT2D eigenvalue weighted by atomic mass is 9.74. The van der Waals surface area contributed by atoms with Gasteiger partial charge in [0.2, 0.25) is 0 Å². The highest BCUT2D eigenvalue weighted by Gasteiger charge is 2.45. The van der Waals surface area contributed by atoms with Gasteiger partial charge in [-0.05, 0) is 28.2 Å². The smallest absolute Gasteiger partial charge is 0.0964 e. The molecule has 78 valence electrons. The number of rotatable bonds is 3. The fraction of sp³-hybridized carbons (Fsp3) is 0.600. The van der Waals surface area contributed by atoms with Crippen molar-refractivity contribution in [1.29, 1.82) is 0 Å². The van der Waals surface area contributed by atoms with Crippen LogP contribution in [0.1, 0.15) is 25.3 Å². The predicted molar refractivity (Wildman–Crippen MR) is 60.6 cm³/mol. The first kappa shape index (κ1) is 10.6. The molecule has 0 aromatic carbocycles. The molecule has 0 radical (unpaired) electrons.